The molecule has 4 nitrogen and oxygen atoms in total. The third-order valence-corrected chi connectivity index (χ3v) is 5.94. The van der Waals surface area contributed by atoms with E-state index in [-0.39, 0.29) is 23.7 Å². The normalized spacial score (nSPS) is 23.7. The van der Waals surface area contributed by atoms with E-state index < -0.39 is 15.4 Å². The number of Topliss-reactive ketones (excluding diaryl/α,β-unsaturated/α-hetero) is 1. The molecule has 0 saturated carbocycles. The summed E-state index contributed by atoms with van der Waals surface area (Å²) in [5, 5.41) is 0. The highest BCUT2D eigenvalue weighted by Crippen LogP contribution is 2.40. The Balaban J connectivity index is 1.95. The number of carbonyl (C=O) groups is 1. The number of ketones is 1. The second-order valence-corrected chi connectivity index (χ2v) is 8.40. The highest BCUT2D eigenvalue weighted by Gasteiger charge is 2.44. The summed E-state index contributed by atoms with van der Waals surface area (Å²) < 4.78 is 29.9. The quantitative estimate of drug-likeness (QED) is 0.724. The number of hydrogen-bond acceptors (Lipinski definition) is 4. The minimum atomic E-state index is -2.96. The molecule has 3 rings (SSSR count). The predicted molar refractivity (Wildman–Crippen MR) is 74.3 cm³/mol. The Bertz CT molecular complexity index is 637. The third kappa shape index (κ3) is 2.43. The Labute approximate surface area is 120 Å². The molecule has 0 radical (unpaired) electrons. The summed E-state index contributed by atoms with van der Waals surface area (Å²) in [5.74, 6) is 0.797. The fourth-order valence-corrected chi connectivity index (χ4v) is 4.57. The standard InChI is InChI=1S/C13H13BrO4S/c14-9-1-2-10-11(15)8-13(18-12(10)7-9)3-5-19(16,17)6-4-13/h1-2,7H,3-6,8H2. The summed E-state index contributed by atoms with van der Waals surface area (Å²) in [4.78, 5) is 12.2. The zero-order valence-electron chi connectivity index (χ0n) is 10.2. The first-order chi connectivity index (χ1) is 8.89. The SMILES string of the molecule is O=C1CC2(CCS(=O)(=O)CC2)Oc2cc(Br)ccc21. The molecular weight excluding hydrogens is 332 g/mol. The molecule has 0 aliphatic carbocycles. The predicted octanol–water partition coefficient (Wildman–Crippen LogP) is 2.36. The van der Waals surface area contributed by atoms with Crippen molar-refractivity contribution < 1.29 is 17.9 Å². The van der Waals surface area contributed by atoms with Crippen molar-refractivity contribution in [2.75, 3.05) is 11.5 Å². The van der Waals surface area contributed by atoms with Crippen molar-refractivity contribution >= 4 is 31.6 Å². The van der Waals surface area contributed by atoms with Crippen LogP contribution in [0.3, 0.4) is 0 Å². The Morgan fingerprint density at radius 2 is 1.89 bits per heavy atom. The van der Waals surface area contributed by atoms with Gasteiger partial charge in [-0.25, -0.2) is 8.42 Å². The van der Waals surface area contributed by atoms with Crippen LogP contribution in [0.2, 0.25) is 0 Å². The van der Waals surface area contributed by atoms with E-state index in [1.165, 1.54) is 0 Å². The van der Waals surface area contributed by atoms with Gasteiger partial charge in [0.2, 0.25) is 0 Å². The molecule has 0 bridgehead atoms. The van der Waals surface area contributed by atoms with Crippen LogP contribution in [0.5, 0.6) is 5.75 Å². The van der Waals surface area contributed by atoms with Crippen LogP contribution in [0, 0.1) is 0 Å². The maximum atomic E-state index is 12.2. The maximum absolute atomic E-state index is 12.2. The van der Waals surface area contributed by atoms with Crippen LogP contribution >= 0.6 is 15.9 Å². The summed E-state index contributed by atoms with van der Waals surface area (Å²) in [5.41, 5.74) is -0.0434. The van der Waals surface area contributed by atoms with Crippen LogP contribution in [0.4, 0.5) is 0 Å². The van der Waals surface area contributed by atoms with Crippen molar-refractivity contribution in [3.05, 3.63) is 28.2 Å². The molecule has 19 heavy (non-hydrogen) atoms. The van der Waals surface area contributed by atoms with Gasteiger partial charge in [-0.05, 0) is 18.2 Å². The monoisotopic (exact) mass is 344 g/mol. The maximum Gasteiger partial charge on any atom is 0.170 e. The lowest BCUT2D eigenvalue weighted by Gasteiger charge is -2.40. The topological polar surface area (TPSA) is 60.4 Å². The van der Waals surface area contributed by atoms with Gasteiger partial charge in [-0.2, -0.15) is 0 Å². The first-order valence-electron chi connectivity index (χ1n) is 6.11. The molecule has 0 atom stereocenters. The van der Waals surface area contributed by atoms with Gasteiger partial charge < -0.3 is 4.74 Å². The largest absolute Gasteiger partial charge is 0.486 e. The molecule has 2 heterocycles. The van der Waals surface area contributed by atoms with Crippen LogP contribution in [0.15, 0.2) is 22.7 Å². The summed E-state index contributed by atoms with van der Waals surface area (Å²) in [7, 11) is -2.96. The Hall–Kier alpha value is -0.880. The molecule has 6 heteroatoms. The van der Waals surface area contributed by atoms with E-state index in [1.807, 2.05) is 6.07 Å². The number of hydrogen-bond donors (Lipinski definition) is 0. The molecule has 0 unspecified atom stereocenters. The molecule has 102 valence electrons. The Morgan fingerprint density at radius 3 is 2.58 bits per heavy atom. The van der Waals surface area contributed by atoms with Crippen LogP contribution < -0.4 is 4.74 Å². The second kappa shape index (κ2) is 4.31. The van der Waals surface area contributed by atoms with E-state index in [4.69, 9.17) is 4.74 Å². The van der Waals surface area contributed by atoms with Crippen molar-refractivity contribution in [1.82, 2.24) is 0 Å². The number of fused-ring (bicyclic) bond motifs is 1. The molecule has 1 spiro atoms. The fourth-order valence-electron chi connectivity index (χ4n) is 2.66. The lowest BCUT2D eigenvalue weighted by atomic mass is 9.85. The highest BCUT2D eigenvalue weighted by atomic mass is 79.9. The van der Waals surface area contributed by atoms with E-state index in [0.29, 0.717) is 24.2 Å². The summed E-state index contributed by atoms with van der Waals surface area (Å²) in [6.07, 6.45) is 1.07. The lowest BCUT2D eigenvalue weighted by molar-refractivity contribution is 0.0335. The average molecular weight is 345 g/mol. The molecule has 2 aliphatic heterocycles. The minimum Gasteiger partial charge on any atom is -0.486 e. The van der Waals surface area contributed by atoms with Gasteiger partial charge in [-0.3, -0.25) is 4.79 Å². The summed E-state index contributed by atoms with van der Waals surface area (Å²) >= 11 is 3.35. The van der Waals surface area contributed by atoms with Gasteiger partial charge in [0.1, 0.15) is 11.4 Å². The molecule has 1 aromatic rings. The van der Waals surface area contributed by atoms with Crippen LogP contribution in [-0.4, -0.2) is 31.3 Å². The van der Waals surface area contributed by atoms with Crippen LogP contribution in [0.25, 0.3) is 0 Å². The van der Waals surface area contributed by atoms with Gasteiger partial charge >= 0.3 is 0 Å². The van der Waals surface area contributed by atoms with E-state index in [9.17, 15) is 13.2 Å². The molecule has 0 aromatic heterocycles. The van der Waals surface area contributed by atoms with Gasteiger partial charge in [0.15, 0.2) is 15.6 Å². The summed E-state index contributed by atoms with van der Waals surface area (Å²) in [6.45, 7) is 0. The first kappa shape index (κ1) is 13.1. The summed E-state index contributed by atoms with van der Waals surface area (Å²) in [6, 6.07) is 5.33. The number of halogens is 1. The highest BCUT2D eigenvalue weighted by molar-refractivity contribution is 9.10. The van der Waals surface area contributed by atoms with Crippen molar-refractivity contribution in [1.29, 1.82) is 0 Å². The number of ether oxygens (including phenoxy) is 1. The van der Waals surface area contributed by atoms with E-state index in [1.54, 1.807) is 12.1 Å². The molecule has 2 aliphatic rings. The molecule has 1 aromatic carbocycles. The molecule has 1 fully saturated rings. The third-order valence-electron chi connectivity index (χ3n) is 3.79. The minimum absolute atomic E-state index is 0.0352. The molecule has 0 amide bonds. The van der Waals surface area contributed by atoms with E-state index in [2.05, 4.69) is 15.9 Å². The van der Waals surface area contributed by atoms with Gasteiger partial charge in [-0.15, -0.1) is 0 Å². The lowest BCUT2D eigenvalue weighted by Crippen LogP contribution is -2.48. The number of sulfone groups is 1. The van der Waals surface area contributed by atoms with E-state index >= 15 is 0 Å². The van der Waals surface area contributed by atoms with Crippen LogP contribution in [0.1, 0.15) is 29.6 Å². The molecular formula is C13H13BrO4S. The molecule has 1 saturated heterocycles. The Kier molecular flexibility index (Phi) is 2.98. The second-order valence-electron chi connectivity index (χ2n) is 5.18. The number of carbonyl (C=O) groups excluding carboxylic acids is 1. The number of rotatable bonds is 0. The fraction of sp³-hybridized carbons (Fsp3) is 0.462. The number of benzene rings is 1. The average Bonchev–Trinajstić information content (AvgIpc) is 2.33. The first-order valence-corrected chi connectivity index (χ1v) is 8.73. The molecule has 0 N–H and O–H groups in total. The van der Waals surface area contributed by atoms with Crippen molar-refractivity contribution in [2.45, 2.75) is 24.9 Å². The smallest absolute Gasteiger partial charge is 0.170 e. The van der Waals surface area contributed by atoms with E-state index in [0.717, 1.165) is 4.47 Å². The van der Waals surface area contributed by atoms with Gasteiger partial charge in [0, 0.05) is 17.3 Å². The van der Waals surface area contributed by atoms with Crippen molar-refractivity contribution in [2.24, 2.45) is 0 Å². The van der Waals surface area contributed by atoms with Crippen molar-refractivity contribution in [3.63, 3.8) is 0 Å². The van der Waals surface area contributed by atoms with Crippen LogP contribution in [-0.2, 0) is 9.84 Å². The Morgan fingerprint density at radius 1 is 1.21 bits per heavy atom. The zero-order valence-corrected chi connectivity index (χ0v) is 12.6. The van der Waals surface area contributed by atoms with Crippen molar-refractivity contribution in [3.8, 4) is 5.75 Å². The zero-order chi connectivity index (χ0) is 13.7. The van der Waals surface area contributed by atoms with Gasteiger partial charge in [0.25, 0.3) is 0 Å². The van der Waals surface area contributed by atoms with Gasteiger partial charge in [-0.1, -0.05) is 15.9 Å². The van der Waals surface area contributed by atoms with Gasteiger partial charge in [0.05, 0.1) is 23.5 Å².